The van der Waals surface area contributed by atoms with Crippen LogP contribution in [0.25, 0.3) is 0 Å². The van der Waals surface area contributed by atoms with Gasteiger partial charge in [-0.05, 0) is 17.9 Å². The van der Waals surface area contributed by atoms with Crippen LogP contribution in [-0.2, 0) is 18.9 Å². The van der Waals surface area contributed by atoms with Crippen molar-refractivity contribution in [1.82, 2.24) is 0 Å². The molecule has 98 valence electrons. The van der Waals surface area contributed by atoms with Crippen molar-refractivity contribution in [1.29, 1.82) is 0 Å². The molecule has 0 amide bonds. The molecule has 3 heterocycles. The van der Waals surface area contributed by atoms with E-state index in [2.05, 4.69) is 0 Å². The standard InChI is InChI=1S/C11H18O4S2/c1-12-8-7-6-14-11(15-7,9(8)13-2)10-16-4-3-5-17-10/h7-10H,3-6H2,1-2H3. The van der Waals surface area contributed by atoms with Crippen molar-refractivity contribution in [3.05, 3.63) is 0 Å². The average molecular weight is 278 g/mol. The highest BCUT2D eigenvalue weighted by Crippen LogP contribution is 2.52. The molecule has 6 heteroatoms. The SMILES string of the molecule is COC1C2COC(C3SCCCS3)(O2)C1OC. The Morgan fingerprint density at radius 3 is 2.59 bits per heavy atom. The minimum atomic E-state index is -0.601. The fraction of sp³-hybridized carbons (Fsp3) is 1.00. The second kappa shape index (κ2) is 4.90. The van der Waals surface area contributed by atoms with Gasteiger partial charge in [-0.1, -0.05) is 0 Å². The highest BCUT2D eigenvalue weighted by Gasteiger charge is 2.66. The molecule has 3 saturated heterocycles. The van der Waals surface area contributed by atoms with Gasteiger partial charge in [0.2, 0.25) is 5.79 Å². The van der Waals surface area contributed by atoms with Gasteiger partial charge in [0.05, 0.1) is 6.61 Å². The highest BCUT2D eigenvalue weighted by atomic mass is 32.2. The van der Waals surface area contributed by atoms with Gasteiger partial charge in [-0.3, -0.25) is 0 Å². The quantitative estimate of drug-likeness (QED) is 0.775. The molecule has 0 aromatic heterocycles. The summed E-state index contributed by atoms with van der Waals surface area (Å²) in [5.74, 6) is 1.74. The third-order valence-corrected chi connectivity index (χ3v) is 6.68. The Bertz CT molecular complexity index is 285. The molecule has 17 heavy (non-hydrogen) atoms. The molecule has 4 nitrogen and oxygen atoms in total. The van der Waals surface area contributed by atoms with Gasteiger partial charge in [0, 0.05) is 14.2 Å². The minimum Gasteiger partial charge on any atom is -0.376 e. The smallest absolute Gasteiger partial charge is 0.219 e. The van der Waals surface area contributed by atoms with Crippen LogP contribution in [0.5, 0.6) is 0 Å². The second-order valence-electron chi connectivity index (χ2n) is 4.47. The van der Waals surface area contributed by atoms with Crippen molar-refractivity contribution in [3.8, 4) is 0 Å². The number of ether oxygens (including phenoxy) is 4. The largest absolute Gasteiger partial charge is 0.376 e. The van der Waals surface area contributed by atoms with E-state index in [1.54, 1.807) is 14.2 Å². The molecule has 0 aromatic rings. The summed E-state index contributed by atoms with van der Waals surface area (Å²) in [5, 5.41) is 0. The van der Waals surface area contributed by atoms with Gasteiger partial charge in [-0.25, -0.2) is 0 Å². The lowest BCUT2D eigenvalue weighted by atomic mass is 10.0. The van der Waals surface area contributed by atoms with Crippen molar-refractivity contribution in [3.63, 3.8) is 0 Å². The topological polar surface area (TPSA) is 36.9 Å². The van der Waals surface area contributed by atoms with Crippen LogP contribution in [0, 0.1) is 0 Å². The van der Waals surface area contributed by atoms with E-state index in [1.807, 2.05) is 23.5 Å². The Hall–Kier alpha value is 0.540. The lowest BCUT2D eigenvalue weighted by molar-refractivity contribution is -0.205. The van der Waals surface area contributed by atoms with E-state index in [0.717, 1.165) is 0 Å². The summed E-state index contributed by atoms with van der Waals surface area (Å²) < 4.78 is 23.5. The van der Waals surface area contributed by atoms with Crippen molar-refractivity contribution < 1.29 is 18.9 Å². The molecule has 3 aliphatic heterocycles. The van der Waals surface area contributed by atoms with Gasteiger partial charge in [0.1, 0.15) is 22.9 Å². The first-order valence-corrected chi connectivity index (χ1v) is 8.02. The minimum absolute atomic E-state index is 0.00289. The normalized spacial score (nSPS) is 46.6. The molecule has 0 aliphatic carbocycles. The molecule has 0 spiro atoms. The van der Waals surface area contributed by atoms with E-state index >= 15 is 0 Å². The maximum Gasteiger partial charge on any atom is 0.219 e. The molecule has 4 unspecified atom stereocenters. The van der Waals surface area contributed by atoms with Crippen molar-refractivity contribution in [2.24, 2.45) is 0 Å². The third-order valence-electron chi connectivity index (χ3n) is 3.55. The monoisotopic (exact) mass is 278 g/mol. The van der Waals surface area contributed by atoms with Crippen molar-refractivity contribution >= 4 is 23.5 Å². The predicted octanol–water partition coefficient (Wildman–Crippen LogP) is 1.34. The number of hydrogen-bond acceptors (Lipinski definition) is 6. The second-order valence-corrected chi connectivity index (χ2v) is 7.20. The first-order valence-electron chi connectivity index (χ1n) is 5.92. The number of methoxy groups -OCH3 is 2. The van der Waals surface area contributed by atoms with E-state index in [0.29, 0.717) is 11.2 Å². The van der Waals surface area contributed by atoms with Gasteiger partial charge in [-0.2, -0.15) is 0 Å². The van der Waals surface area contributed by atoms with Crippen LogP contribution >= 0.6 is 23.5 Å². The average Bonchev–Trinajstić information content (AvgIpc) is 2.95. The third kappa shape index (κ3) is 1.84. The van der Waals surface area contributed by atoms with Crippen LogP contribution in [-0.4, -0.2) is 61.0 Å². The Labute approximate surface area is 110 Å². The zero-order valence-electron chi connectivity index (χ0n) is 10.1. The first-order chi connectivity index (χ1) is 8.31. The lowest BCUT2D eigenvalue weighted by Gasteiger charge is -2.40. The molecule has 3 fully saturated rings. The van der Waals surface area contributed by atoms with Gasteiger partial charge in [-0.15, -0.1) is 23.5 Å². The Morgan fingerprint density at radius 1 is 1.18 bits per heavy atom. The maximum atomic E-state index is 6.09. The van der Waals surface area contributed by atoms with Gasteiger partial charge in [0.25, 0.3) is 0 Å². The number of rotatable bonds is 3. The van der Waals surface area contributed by atoms with Gasteiger partial charge >= 0.3 is 0 Å². The molecule has 0 aromatic carbocycles. The molecule has 0 N–H and O–H groups in total. The van der Waals surface area contributed by atoms with E-state index in [-0.39, 0.29) is 18.3 Å². The van der Waals surface area contributed by atoms with Gasteiger partial charge in [0.15, 0.2) is 0 Å². The van der Waals surface area contributed by atoms with Crippen LogP contribution in [0.15, 0.2) is 0 Å². The molecular formula is C11H18O4S2. The lowest BCUT2D eigenvalue weighted by Crippen LogP contribution is -2.55. The van der Waals surface area contributed by atoms with Crippen LogP contribution in [0.1, 0.15) is 6.42 Å². The van der Waals surface area contributed by atoms with E-state index in [9.17, 15) is 0 Å². The van der Waals surface area contributed by atoms with Crippen LogP contribution in [0.2, 0.25) is 0 Å². The van der Waals surface area contributed by atoms with Gasteiger partial charge < -0.3 is 18.9 Å². The Morgan fingerprint density at radius 2 is 1.94 bits per heavy atom. The number of fused-ring (bicyclic) bond motifs is 2. The zero-order valence-corrected chi connectivity index (χ0v) is 11.7. The van der Waals surface area contributed by atoms with Crippen molar-refractivity contribution in [2.45, 2.75) is 35.1 Å². The highest BCUT2D eigenvalue weighted by molar-refractivity contribution is 8.17. The van der Waals surface area contributed by atoms with E-state index in [1.165, 1.54) is 17.9 Å². The van der Waals surface area contributed by atoms with Crippen LogP contribution in [0.4, 0.5) is 0 Å². The van der Waals surface area contributed by atoms with Crippen molar-refractivity contribution in [2.75, 3.05) is 32.3 Å². The molecule has 3 rings (SSSR count). The number of thioether (sulfide) groups is 2. The summed E-state index contributed by atoms with van der Waals surface area (Å²) in [4.78, 5) is 0. The summed E-state index contributed by atoms with van der Waals surface area (Å²) in [5.41, 5.74) is 0. The van der Waals surface area contributed by atoms with Crippen LogP contribution in [0.3, 0.4) is 0 Å². The van der Waals surface area contributed by atoms with Crippen LogP contribution < -0.4 is 0 Å². The Kier molecular flexibility index (Phi) is 3.63. The molecule has 4 atom stereocenters. The Balaban J connectivity index is 1.84. The summed E-state index contributed by atoms with van der Waals surface area (Å²) in [6, 6.07) is 0. The summed E-state index contributed by atoms with van der Waals surface area (Å²) in [6.45, 7) is 0.621. The maximum absolute atomic E-state index is 6.09. The molecule has 3 aliphatic rings. The summed E-state index contributed by atoms with van der Waals surface area (Å²) in [6.07, 6.45) is 1.16. The predicted molar refractivity (Wildman–Crippen MR) is 68.5 cm³/mol. The number of hydrogen-bond donors (Lipinski definition) is 0. The van der Waals surface area contributed by atoms with E-state index in [4.69, 9.17) is 18.9 Å². The zero-order chi connectivity index (χ0) is 11.9. The first kappa shape index (κ1) is 12.6. The molecule has 0 radical (unpaired) electrons. The summed E-state index contributed by atoms with van der Waals surface area (Å²) >= 11 is 3.84. The fourth-order valence-electron chi connectivity index (χ4n) is 2.80. The summed E-state index contributed by atoms with van der Waals surface area (Å²) in [7, 11) is 3.43. The molecule has 0 saturated carbocycles. The molecular weight excluding hydrogens is 260 g/mol. The van der Waals surface area contributed by atoms with E-state index < -0.39 is 5.79 Å². The fourth-order valence-corrected chi connectivity index (χ4v) is 5.98. The molecule has 2 bridgehead atoms.